The highest BCUT2D eigenvalue weighted by molar-refractivity contribution is 5.93. The molecule has 0 aromatic heterocycles. The van der Waals surface area contributed by atoms with Gasteiger partial charge < -0.3 is 9.47 Å². The lowest BCUT2D eigenvalue weighted by Crippen LogP contribution is -2.09. The van der Waals surface area contributed by atoms with Crippen LogP contribution in [0.2, 0.25) is 0 Å². The Kier molecular flexibility index (Phi) is 7.53. The maximum absolute atomic E-state index is 10.6. The fourth-order valence-electron chi connectivity index (χ4n) is 0.463. The van der Waals surface area contributed by atoms with Crippen LogP contribution in [-0.2, 0) is 19.1 Å². The second kappa shape index (κ2) is 6.67. The van der Waals surface area contributed by atoms with Gasteiger partial charge in [-0.2, -0.15) is 0 Å². The van der Waals surface area contributed by atoms with Gasteiger partial charge in [0.25, 0.3) is 0 Å². The van der Waals surface area contributed by atoms with E-state index in [1.807, 2.05) is 0 Å². The van der Waals surface area contributed by atoms with E-state index in [1.165, 1.54) is 14.2 Å². The van der Waals surface area contributed by atoms with Gasteiger partial charge in [-0.05, 0) is 0 Å². The predicted molar refractivity (Wildman–Crippen MR) is 45.0 cm³/mol. The molecule has 0 saturated heterocycles. The number of halogens is 1. The van der Waals surface area contributed by atoms with Crippen LogP contribution in [0.5, 0.6) is 0 Å². The van der Waals surface area contributed by atoms with Gasteiger partial charge in [0.1, 0.15) is 0 Å². The lowest BCUT2D eigenvalue weighted by Gasteiger charge is -2.00. The Morgan fingerprint density at radius 3 is 2.08 bits per heavy atom. The highest BCUT2D eigenvalue weighted by atomic mass is 35.5. The minimum absolute atomic E-state index is 0. The Hall–Kier alpha value is -1.03. The Labute approximate surface area is 76.9 Å². The SMILES string of the molecule is C=C(CC(=O)OC)C(=O)OC.Cl. The van der Waals surface area contributed by atoms with Crippen LogP contribution in [-0.4, -0.2) is 26.2 Å². The lowest BCUT2D eigenvalue weighted by atomic mass is 10.2. The summed E-state index contributed by atoms with van der Waals surface area (Å²) in [5, 5.41) is 0. The molecule has 0 aliphatic rings. The molecule has 0 saturated carbocycles. The summed E-state index contributed by atoms with van der Waals surface area (Å²) in [5.74, 6) is -1.09. The fraction of sp³-hybridized carbons (Fsp3) is 0.429. The molecule has 0 fully saturated rings. The van der Waals surface area contributed by atoms with E-state index in [0.29, 0.717) is 0 Å². The third-order valence-corrected chi connectivity index (χ3v) is 1.06. The van der Waals surface area contributed by atoms with Crippen LogP contribution in [0.1, 0.15) is 6.42 Å². The molecule has 12 heavy (non-hydrogen) atoms. The van der Waals surface area contributed by atoms with Crippen molar-refractivity contribution in [3.8, 4) is 0 Å². The van der Waals surface area contributed by atoms with Crippen molar-refractivity contribution in [1.29, 1.82) is 0 Å². The quantitative estimate of drug-likeness (QED) is 0.490. The van der Waals surface area contributed by atoms with Gasteiger partial charge in [0.15, 0.2) is 0 Å². The molecule has 0 aliphatic heterocycles. The lowest BCUT2D eigenvalue weighted by molar-refractivity contribution is -0.143. The highest BCUT2D eigenvalue weighted by Gasteiger charge is 2.11. The molecule has 5 heteroatoms. The molecule has 0 N–H and O–H groups in total. The van der Waals surface area contributed by atoms with E-state index in [1.54, 1.807) is 0 Å². The van der Waals surface area contributed by atoms with Crippen molar-refractivity contribution in [3.05, 3.63) is 12.2 Å². The number of rotatable bonds is 3. The molecule has 0 amide bonds. The van der Waals surface area contributed by atoms with Crippen LogP contribution in [0.3, 0.4) is 0 Å². The van der Waals surface area contributed by atoms with E-state index >= 15 is 0 Å². The zero-order valence-corrected chi connectivity index (χ0v) is 7.77. The van der Waals surface area contributed by atoms with Crippen molar-refractivity contribution in [1.82, 2.24) is 0 Å². The third kappa shape index (κ3) is 4.73. The maximum Gasteiger partial charge on any atom is 0.333 e. The highest BCUT2D eigenvalue weighted by Crippen LogP contribution is 2.00. The number of ether oxygens (including phenoxy) is 2. The summed E-state index contributed by atoms with van der Waals surface area (Å²) >= 11 is 0. The summed E-state index contributed by atoms with van der Waals surface area (Å²) in [6.07, 6.45) is -0.122. The first-order valence-electron chi connectivity index (χ1n) is 2.94. The Bertz CT molecular complexity index is 188. The van der Waals surface area contributed by atoms with Gasteiger partial charge >= 0.3 is 11.9 Å². The fourth-order valence-corrected chi connectivity index (χ4v) is 0.463. The number of hydrogen-bond acceptors (Lipinski definition) is 4. The van der Waals surface area contributed by atoms with E-state index in [-0.39, 0.29) is 24.4 Å². The first kappa shape index (κ1) is 13.6. The van der Waals surface area contributed by atoms with Crippen molar-refractivity contribution in [2.45, 2.75) is 6.42 Å². The molecular formula is C7H11ClO4. The summed E-state index contributed by atoms with van der Waals surface area (Å²) in [6.45, 7) is 3.34. The Balaban J connectivity index is 0. The average molecular weight is 195 g/mol. The standard InChI is InChI=1S/C7H10O4.ClH/c1-5(7(9)11-3)4-6(8)10-2;/h1,4H2,2-3H3;1H. The van der Waals surface area contributed by atoms with E-state index in [9.17, 15) is 9.59 Å². The van der Waals surface area contributed by atoms with Gasteiger partial charge in [0.05, 0.1) is 20.6 Å². The molecule has 0 spiro atoms. The summed E-state index contributed by atoms with van der Waals surface area (Å²) in [4.78, 5) is 21.2. The zero-order valence-electron chi connectivity index (χ0n) is 6.96. The number of carbonyl (C=O) groups excluding carboxylic acids is 2. The van der Waals surface area contributed by atoms with Crippen molar-refractivity contribution in [2.24, 2.45) is 0 Å². The minimum atomic E-state index is -0.588. The van der Waals surface area contributed by atoms with Crippen LogP contribution in [0, 0.1) is 0 Å². The molecular weight excluding hydrogens is 184 g/mol. The van der Waals surface area contributed by atoms with Gasteiger partial charge in [-0.3, -0.25) is 4.79 Å². The molecule has 0 aliphatic carbocycles. The van der Waals surface area contributed by atoms with Gasteiger partial charge in [-0.25, -0.2) is 4.79 Å². The second-order valence-corrected chi connectivity index (χ2v) is 1.85. The second-order valence-electron chi connectivity index (χ2n) is 1.85. The maximum atomic E-state index is 10.6. The van der Waals surface area contributed by atoms with Crippen molar-refractivity contribution in [3.63, 3.8) is 0 Å². The number of methoxy groups -OCH3 is 2. The molecule has 4 nitrogen and oxygen atoms in total. The topological polar surface area (TPSA) is 52.6 Å². The molecule has 0 heterocycles. The van der Waals surface area contributed by atoms with Crippen LogP contribution >= 0.6 is 12.4 Å². The first-order chi connectivity index (χ1) is 5.11. The molecule has 0 bridgehead atoms. The first-order valence-corrected chi connectivity index (χ1v) is 2.94. The largest absolute Gasteiger partial charge is 0.469 e. The summed E-state index contributed by atoms with van der Waals surface area (Å²) in [6, 6.07) is 0. The molecule has 0 aromatic carbocycles. The minimum Gasteiger partial charge on any atom is -0.469 e. The summed E-state index contributed by atoms with van der Waals surface area (Å²) in [7, 11) is 2.47. The van der Waals surface area contributed by atoms with Gasteiger partial charge in [-0.1, -0.05) is 6.58 Å². The number of hydrogen-bond donors (Lipinski definition) is 0. The van der Waals surface area contributed by atoms with E-state index in [4.69, 9.17) is 0 Å². The summed E-state index contributed by atoms with van der Waals surface area (Å²) < 4.78 is 8.62. The van der Waals surface area contributed by atoms with E-state index < -0.39 is 11.9 Å². The van der Waals surface area contributed by atoms with Crippen LogP contribution in [0.15, 0.2) is 12.2 Å². The molecule has 0 rings (SSSR count). The normalized spacial score (nSPS) is 7.83. The van der Waals surface area contributed by atoms with Gasteiger partial charge in [0.2, 0.25) is 0 Å². The summed E-state index contributed by atoms with van der Waals surface area (Å²) in [5.41, 5.74) is 0.0966. The molecule has 0 unspecified atom stereocenters. The van der Waals surface area contributed by atoms with E-state index in [0.717, 1.165) is 0 Å². The number of carbonyl (C=O) groups is 2. The predicted octanol–water partition coefficient (Wildman–Crippen LogP) is 0.700. The van der Waals surface area contributed by atoms with E-state index in [2.05, 4.69) is 16.1 Å². The molecule has 70 valence electrons. The molecule has 0 aromatic rings. The van der Waals surface area contributed by atoms with Crippen molar-refractivity contribution < 1.29 is 19.1 Å². The monoisotopic (exact) mass is 194 g/mol. The smallest absolute Gasteiger partial charge is 0.333 e. The Morgan fingerprint density at radius 2 is 1.75 bits per heavy atom. The Morgan fingerprint density at radius 1 is 1.25 bits per heavy atom. The van der Waals surface area contributed by atoms with Crippen LogP contribution < -0.4 is 0 Å². The van der Waals surface area contributed by atoms with Crippen molar-refractivity contribution in [2.75, 3.05) is 14.2 Å². The average Bonchev–Trinajstić information content (AvgIpc) is 2.02. The number of esters is 2. The van der Waals surface area contributed by atoms with Crippen molar-refractivity contribution >= 4 is 24.3 Å². The van der Waals surface area contributed by atoms with Crippen LogP contribution in [0.25, 0.3) is 0 Å². The van der Waals surface area contributed by atoms with Crippen LogP contribution in [0.4, 0.5) is 0 Å². The molecule has 0 radical (unpaired) electrons. The zero-order chi connectivity index (χ0) is 8.85. The van der Waals surface area contributed by atoms with Gasteiger partial charge in [-0.15, -0.1) is 12.4 Å². The molecule has 0 atom stereocenters. The third-order valence-electron chi connectivity index (χ3n) is 1.06. The van der Waals surface area contributed by atoms with Gasteiger partial charge in [0, 0.05) is 5.57 Å².